The van der Waals surface area contributed by atoms with Crippen LogP contribution in [0.2, 0.25) is 0 Å². The molecular weight excluding hydrogens is 322 g/mol. The summed E-state index contributed by atoms with van der Waals surface area (Å²) in [5.41, 5.74) is 3.91. The average molecular weight is 351 g/mol. The fourth-order valence-electron chi connectivity index (χ4n) is 4.66. The second-order valence-electron chi connectivity index (χ2n) is 8.21. The molecule has 1 fully saturated rings. The molecule has 5 heteroatoms. The second-order valence-corrected chi connectivity index (χ2v) is 8.21. The quantitative estimate of drug-likeness (QED) is 0.862. The van der Waals surface area contributed by atoms with Crippen LogP contribution in [0.15, 0.2) is 24.5 Å². The van der Waals surface area contributed by atoms with Crippen molar-refractivity contribution in [2.75, 3.05) is 32.5 Å². The first-order chi connectivity index (χ1) is 12.7. The summed E-state index contributed by atoms with van der Waals surface area (Å²) < 4.78 is 0. The standard InChI is InChI=1S/C21H29N5/c1-26(2)15-21(10-3-4-11-21)14-23-20-17-8-5-9-18(17)24-19(25-20)16-7-6-12-22-13-16/h6-7,12-13H,3-5,8-11,14-15H2,1-2H3,(H,23,24,25). The van der Waals surface area contributed by atoms with E-state index < -0.39 is 0 Å². The Kier molecular flexibility index (Phi) is 4.90. The Morgan fingerprint density at radius 1 is 1.12 bits per heavy atom. The van der Waals surface area contributed by atoms with Crippen molar-refractivity contribution in [1.82, 2.24) is 19.9 Å². The number of nitrogens with zero attached hydrogens (tertiary/aromatic N) is 4. The van der Waals surface area contributed by atoms with E-state index in [-0.39, 0.29) is 0 Å². The molecule has 2 heterocycles. The monoisotopic (exact) mass is 351 g/mol. The SMILES string of the molecule is CN(C)CC1(CNc2nc(-c3cccnc3)nc3c2CCC3)CCCC1. The van der Waals surface area contributed by atoms with E-state index >= 15 is 0 Å². The molecule has 1 N–H and O–H groups in total. The van der Waals surface area contributed by atoms with Gasteiger partial charge in [-0.05, 0) is 58.3 Å². The van der Waals surface area contributed by atoms with Crippen molar-refractivity contribution in [2.45, 2.75) is 44.9 Å². The highest BCUT2D eigenvalue weighted by Gasteiger charge is 2.34. The molecule has 0 aliphatic heterocycles. The zero-order chi connectivity index (χ0) is 18.0. The van der Waals surface area contributed by atoms with E-state index in [1.54, 1.807) is 6.20 Å². The summed E-state index contributed by atoms with van der Waals surface area (Å²) in [5, 5.41) is 3.75. The lowest BCUT2D eigenvalue weighted by molar-refractivity contribution is 0.215. The number of fused-ring (bicyclic) bond motifs is 1. The highest BCUT2D eigenvalue weighted by atomic mass is 15.1. The molecule has 0 aromatic carbocycles. The maximum Gasteiger partial charge on any atom is 0.163 e. The van der Waals surface area contributed by atoms with E-state index in [0.29, 0.717) is 5.41 Å². The molecule has 138 valence electrons. The summed E-state index contributed by atoms with van der Waals surface area (Å²) in [6.45, 7) is 2.14. The highest BCUT2D eigenvalue weighted by Crippen LogP contribution is 2.39. The summed E-state index contributed by atoms with van der Waals surface area (Å²) in [7, 11) is 4.37. The van der Waals surface area contributed by atoms with Crippen LogP contribution < -0.4 is 5.32 Å². The molecule has 0 radical (unpaired) electrons. The van der Waals surface area contributed by atoms with E-state index in [4.69, 9.17) is 9.97 Å². The van der Waals surface area contributed by atoms with Gasteiger partial charge in [0, 0.05) is 47.7 Å². The summed E-state index contributed by atoms with van der Waals surface area (Å²) in [4.78, 5) is 16.3. The first-order valence-corrected chi connectivity index (χ1v) is 9.84. The maximum atomic E-state index is 4.91. The summed E-state index contributed by atoms with van der Waals surface area (Å²) in [5.74, 6) is 1.85. The second kappa shape index (κ2) is 7.31. The number of aromatic nitrogens is 3. The number of nitrogens with one attached hydrogen (secondary N) is 1. The highest BCUT2D eigenvalue weighted by molar-refractivity contribution is 5.60. The smallest absolute Gasteiger partial charge is 0.163 e. The molecule has 0 bridgehead atoms. The van der Waals surface area contributed by atoms with Crippen LogP contribution in [0, 0.1) is 5.41 Å². The van der Waals surface area contributed by atoms with Crippen LogP contribution >= 0.6 is 0 Å². The Balaban J connectivity index is 1.60. The molecule has 0 atom stereocenters. The van der Waals surface area contributed by atoms with Crippen LogP contribution in [0.5, 0.6) is 0 Å². The zero-order valence-electron chi connectivity index (χ0n) is 16.0. The van der Waals surface area contributed by atoms with E-state index in [0.717, 1.165) is 43.1 Å². The predicted molar refractivity (Wildman–Crippen MR) is 105 cm³/mol. The topological polar surface area (TPSA) is 53.9 Å². The van der Waals surface area contributed by atoms with E-state index in [1.807, 2.05) is 18.3 Å². The lowest BCUT2D eigenvalue weighted by atomic mass is 9.85. The van der Waals surface area contributed by atoms with Gasteiger partial charge in [0.25, 0.3) is 0 Å². The van der Waals surface area contributed by atoms with Crippen molar-refractivity contribution in [3.8, 4) is 11.4 Å². The molecule has 0 spiro atoms. The summed E-state index contributed by atoms with van der Waals surface area (Å²) in [6, 6.07) is 3.99. The minimum absolute atomic E-state index is 0.369. The number of rotatable bonds is 6. The van der Waals surface area contributed by atoms with E-state index in [2.05, 4.69) is 29.3 Å². The fraction of sp³-hybridized carbons (Fsp3) is 0.571. The minimum Gasteiger partial charge on any atom is -0.369 e. The lowest BCUT2D eigenvalue weighted by Crippen LogP contribution is -2.37. The van der Waals surface area contributed by atoms with Crippen LogP contribution in [-0.2, 0) is 12.8 Å². The third-order valence-electron chi connectivity index (χ3n) is 5.80. The van der Waals surface area contributed by atoms with Gasteiger partial charge < -0.3 is 10.2 Å². The van der Waals surface area contributed by atoms with Crippen molar-refractivity contribution in [2.24, 2.45) is 5.41 Å². The molecule has 2 aromatic heterocycles. The Bertz CT molecular complexity index is 750. The van der Waals surface area contributed by atoms with Crippen molar-refractivity contribution < 1.29 is 0 Å². The largest absolute Gasteiger partial charge is 0.369 e. The van der Waals surface area contributed by atoms with Gasteiger partial charge in [0.05, 0.1) is 0 Å². The van der Waals surface area contributed by atoms with Crippen LogP contribution in [0.4, 0.5) is 5.82 Å². The van der Waals surface area contributed by atoms with Gasteiger partial charge in [0.15, 0.2) is 5.82 Å². The third kappa shape index (κ3) is 3.58. The van der Waals surface area contributed by atoms with Crippen molar-refractivity contribution >= 4 is 5.82 Å². The molecule has 2 aromatic rings. The van der Waals surface area contributed by atoms with E-state index in [1.165, 1.54) is 43.4 Å². The van der Waals surface area contributed by atoms with Crippen LogP contribution in [0.3, 0.4) is 0 Å². The van der Waals surface area contributed by atoms with Gasteiger partial charge in [-0.25, -0.2) is 9.97 Å². The van der Waals surface area contributed by atoms with Crippen LogP contribution in [0.25, 0.3) is 11.4 Å². The summed E-state index contributed by atoms with van der Waals surface area (Å²) >= 11 is 0. The molecule has 1 saturated carbocycles. The Morgan fingerprint density at radius 2 is 1.96 bits per heavy atom. The Labute approximate surface area is 156 Å². The molecule has 2 aliphatic rings. The predicted octanol–water partition coefficient (Wildman–Crippen LogP) is 3.56. The Hall–Kier alpha value is -2.01. The minimum atomic E-state index is 0.369. The molecular formula is C21H29N5. The van der Waals surface area contributed by atoms with Gasteiger partial charge >= 0.3 is 0 Å². The Morgan fingerprint density at radius 3 is 2.69 bits per heavy atom. The number of hydrogen-bond acceptors (Lipinski definition) is 5. The molecule has 0 saturated heterocycles. The molecule has 0 amide bonds. The molecule has 4 rings (SSSR count). The molecule has 5 nitrogen and oxygen atoms in total. The molecule has 26 heavy (non-hydrogen) atoms. The van der Waals surface area contributed by atoms with E-state index in [9.17, 15) is 0 Å². The first kappa shape index (κ1) is 17.4. The summed E-state index contributed by atoms with van der Waals surface area (Å²) in [6.07, 6.45) is 12.3. The fourth-order valence-corrected chi connectivity index (χ4v) is 4.66. The van der Waals surface area contributed by atoms with Crippen molar-refractivity contribution in [3.63, 3.8) is 0 Å². The van der Waals surface area contributed by atoms with Crippen LogP contribution in [-0.4, -0.2) is 47.0 Å². The van der Waals surface area contributed by atoms with Gasteiger partial charge in [-0.2, -0.15) is 0 Å². The number of pyridine rings is 1. The normalized spacial score (nSPS) is 18.3. The maximum absolute atomic E-state index is 4.91. The number of hydrogen-bond donors (Lipinski definition) is 1. The lowest BCUT2D eigenvalue weighted by Gasteiger charge is -2.32. The van der Waals surface area contributed by atoms with Gasteiger partial charge in [-0.1, -0.05) is 12.8 Å². The van der Waals surface area contributed by atoms with Gasteiger partial charge in [0.2, 0.25) is 0 Å². The number of aryl methyl sites for hydroxylation is 1. The number of anilines is 1. The van der Waals surface area contributed by atoms with Crippen molar-refractivity contribution in [1.29, 1.82) is 0 Å². The van der Waals surface area contributed by atoms with Gasteiger partial charge in [0.1, 0.15) is 5.82 Å². The van der Waals surface area contributed by atoms with Gasteiger partial charge in [-0.15, -0.1) is 0 Å². The zero-order valence-corrected chi connectivity index (χ0v) is 16.0. The molecule has 2 aliphatic carbocycles. The van der Waals surface area contributed by atoms with Gasteiger partial charge in [-0.3, -0.25) is 4.98 Å². The average Bonchev–Trinajstić information content (AvgIpc) is 3.29. The van der Waals surface area contributed by atoms with Crippen LogP contribution in [0.1, 0.15) is 43.4 Å². The third-order valence-corrected chi connectivity index (χ3v) is 5.80. The van der Waals surface area contributed by atoms with Crippen molar-refractivity contribution in [3.05, 3.63) is 35.8 Å². The molecule has 0 unspecified atom stereocenters. The first-order valence-electron chi connectivity index (χ1n) is 9.84.